The second kappa shape index (κ2) is 9.65. The van der Waals surface area contributed by atoms with E-state index >= 15 is 0 Å². The predicted molar refractivity (Wildman–Crippen MR) is 128 cm³/mol. The van der Waals surface area contributed by atoms with Gasteiger partial charge in [0.25, 0.3) is 5.91 Å². The van der Waals surface area contributed by atoms with Gasteiger partial charge in [0.1, 0.15) is 23.7 Å². The molecule has 176 valence electrons. The summed E-state index contributed by atoms with van der Waals surface area (Å²) in [6, 6.07) is 16.7. The van der Waals surface area contributed by atoms with Crippen molar-refractivity contribution in [2.24, 2.45) is 0 Å². The van der Waals surface area contributed by atoms with Gasteiger partial charge in [-0.1, -0.05) is 41.4 Å². The first-order chi connectivity index (χ1) is 16.1. The van der Waals surface area contributed by atoms with Gasteiger partial charge in [-0.3, -0.25) is 9.59 Å². The Labute approximate surface area is 206 Å². The van der Waals surface area contributed by atoms with Crippen LogP contribution >= 0.6 is 23.2 Å². The minimum absolute atomic E-state index is 0.0581. The van der Waals surface area contributed by atoms with Crippen molar-refractivity contribution in [3.8, 4) is 5.75 Å². The summed E-state index contributed by atoms with van der Waals surface area (Å²) in [5.41, 5.74) is 2.20. The number of fused-ring (bicyclic) bond motifs is 1. The molecule has 1 atom stereocenters. The van der Waals surface area contributed by atoms with Crippen LogP contribution in [-0.2, 0) is 24.2 Å². The van der Waals surface area contributed by atoms with Gasteiger partial charge in [-0.2, -0.15) is 0 Å². The maximum Gasteiger partial charge on any atom is 0.323 e. The van der Waals surface area contributed by atoms with Gasteiger partial charge in [-0.05, 0) is 66.1 Å². The second-order valence-electron chi connectivity index (χ2n) is 8.66. The van der Waals surface area contributed by atoms with Gasteiger partial charge in [-0.15, -0.1) is 0 Å². The Bertz CT molecular complexity index is 1270. The number of hydrogen-bond donors (Lipinski definition) is 1. The summed E-state index contributed by atoms with van der Waals surface area (Å²) in [6.07, 6.45) is 1.04. The molecule has 0 aromatic heterocycles. The quantitative estimate of drug-likeness (QED) is 0.444. The molecule has 1 N–H and O–H groups in total. The Hall–Kier alpha value is -3.09. The first kappa shape index (κ1) is 24.0. The SMILES string of the molecule is CC1(Cc2ccc(F)c(Cl)c2)Cc2cc(C(=O)N(CC(=O)O)Cc3cccc(Cl)c3)ccc2O1. The van der Waals surface area contributed by atoms with Crippen molar-refractivity contribution in [3.05, 3.63) is 98.8 Å². The van der Waals surface area contributed by atoms with Crippen LogP contribution in [0.25, 0.3) is 0 Å². The fourth-order valence-electron chi connectivity index (χ4n) is 4.24. The van der Waals surface area contributed by atoms with E-state index < -0.39 is 29.8 Å². The summed E-state index contributed by atoms with van der Waals surface area (Å²) in [4.78, 5) is 25.9. The van der Waals surface area contributed by atoms with Crippen LogP contribution in [0, 0.1) is 5.82 Å². The van der Waals surface area contributed by atoms with Crippen LogP contribution in [0.1, 0.15) is 34.0 Å². The molecule has 0 spiro atoms. The number of halogens is 3. The molecule has 1 heterocycles. The number of aliphatic carboxylic acids is 1. The summed E-state index contributed by atoms with van der Waals surface area (Å²) in [6.45, 7) is 1.62. The smallest absolute Gasteiger partial charge is 0.323 e. The molecular weight excluding hydrogens is 480 g/mol. The molecule has 5 nitrogen and oxygen atoms in total. The molecule has 1 amide bonds. The minimum atomic E-state index is -1.11. The molecule has 1 aliphatic rings. The molecule has 4 rings (SSSR count). The van der Waals surface area contributed by atoms with E-state index in [1.54, 1.807) is 54.6 Å². The highest BCUT2D eigenvalue weighted by Crippen LogP contribution is 2.38. The summed E-state index contributed by atoms with van der Waals surface area (Å²) < 4.78 is 19.7. The molecule has 0 fully saturated rings. The maximum absolute atomic E-state index is 13.5. The molecule has 3 aromatic rings. The van der Waals surface area contributed by atoms with E-state index in [0.29, 0.717) is 29.2 Å². The number of carbonyl (C=O) groups excluding carboxylic acids is 1. The molecule has 1 unspecified atom stereocenters. The highest BCUT2D eigenvalue weighted by Gasteiger charge is 2.36. The lowest BCUT2D eigenvalue weighted by molar-refractivity contribution is -0.137. The Balaban J connectivity index is 1.53. The number of ether oxygens (including phenoxy) is 1. The number of nitrogens with zero attached hydrogens (tertiary/aromatic N) is 1. The number of benzene rings is 3. The average Bonchev–Trinajstić information content (AvgIpc) is 3.10. The van der Waals surface area contributed by atoms with Crippen molar-refractivity contribution < 1.29 is 23.8 Å². The van der Waals surface area contributed by atoms with Crippen LogP contribution in [0.3, 0.4) is 0 Å². The zero-order chi connectivity index (χ0) is 24.5. The summed E-state index contributed by atoms with van der Waals surface area (Å²) in [7, 11) is 0. The molecular formula is C26H22Cl2FNO4. The Morgan fingerprint density at radius 1 is 1.09 bits per heavy atom. The van der Waals surface area contributed by atoms with Gasteiger partial charge in [0.05, 0.1) is 5.02 Å². The molecule has 34 heavy (non-hydrogen) atoms. The molecule has 1 aliphatic heterocycles. The Morgan fingerprint density at radius 3 is 2.59 bits per heavy atom. The summed E-state index contributed by atoms with van der Waals surface area (Å²) in [5, 5.41) is 9.91. The first-order valence-electron chi connectivity index (χ1n) is 10.6. The Morgan fingerprint density at radius 2 is 1.88 bits per heavy atom. The Kier molecular flexibility index (Phi) is 6.82. The third kappa shape index (κ3) is 5.51. The number of carbonyl (C=O) groups is 2. The van der Waals surface area contributed by atoms with Crippen molar-refractivity contribution >= 4 is 35.1 Å². The second-order valence-corrected chi connectivity index (χ2v) is 9.50. The predicted octanol–water partition coefficient (Wildman–Crippen LogP) is 5.80. The number of carboxylic acid groups (broad SMARTS) is 1. The number of rotatable bonds is 7. The highest BCUT2D eigenvalue weighted by atomic mass is 35.5. The van der Waals surface area contributed by atoms with E-state index in [0.717, 1.165) is 16.7 Å². The molecule has 0 saturated heterocycles. The normalized spacial score (nSPS) is 16.6. The van der Waals surface area contributed by atoms with Crippen molar-refractivity contribution in [2.75, 3.05) is 6.54 Å². The highest BCUT2D eigenvalue weighted by molar-refractivity contribution is 6.31. The van der Waals surface area contributed by atoms with Crippen LogP contribution in [0.4, 0.5) is 4.39 Å². The van der Waals surface area contributed by atoms with E-state index in [2.05, 4.69) is 0 Å². The average molecular weight is 502 g/mol. The van der Waals surface area contributed by atoms with Gasteiger partial charge in [-0.25, -0.2) is 4.39 Å². The molecule has 8 heteroatoms. The monoisotopic (exact) mass is 501 g/mol. The fraction of sp³-hybridized carbons (Fsp3) is 0.231. The molecule has 0 aliphatic carbocycles. The molecule has 0 saturated carbocycles. The third-order valence-electron chi connectivity index (χ3n) is 5.67. The summed E-state index contributed by atoms with van der Waals surface area (Å²) >= 11 is 12.0. The topological polar surface area (TPSA) is 66.8 Å². The standard InChI is InChI=1S/C26H22Cl2FNO4/c1-26(12-16-5-7-22(29)21(28)10-16)13-19-11-18(6-8-23(19)34-26)25(33)30(15-24(31)32)14-17-3-2-4-20(27)9-17/h2-11H,12-15H2,1H3,(H,31,32). The van der Waals surface area contributed by atoms with Crippen molar-refractivity contribution in [1.29, 1.82) is 0 Å². The first-order valence-corrected chi connectivity index (χ1v) is 11.4. The third-order valence-corrected chi connectivity index (χ3v) is 6.19. The van der Waals surface area contributed by atoms with Gasteiger partial charge >= 0.3 is 5.97 Å². The number of carboxylic acids is 1. The minimum Gasteiger partial charge on any atom is -0.487 e. The lowest BCUT2D eigenvalue weighted by Gasteiger charge is -2.24. The van der Waals surface area contributed by atoms with Crippen LogP contribution in [-0.4, -0.2) is 34.0 Å². The van der Waals surface area contributed by atoms with Crippen LogP contribution in [0.15, 0.2) is 60.7 Å². The number of amides is 1. The fourth-order valence-corrected chi connectivity index (χ4v) is 4.65. The van der Waals surface area contributed by atoms with Gasteiger partial charge in [0, 0.05) is 30.0 Å². The largest absolute Gasteiger partial charge is 0.487 e. The molecule has 0 radical (unpaired) electrons. The van der Waals surface area contributed by atoms with Crippen LogP contribution < -0.4 is 4.74 Å². The van der Waals surface area contributed by atoms with Crippen LogP contribution in [0.2, 0.25) is 10.0 Å². The van der Waals surface area contributed by atoms with E-state index in [1.807, 2.05) is 6.92 Å². The lowest BCUT2D eigenvalue weighted by Crippen LogP contribution is -2.35. The zero-order valence-electron chi connectivity index (χ0n) is 18.4. The van der Waals surface area contributed by atoms with Crippen molar-refractivity contribution in [1.82, 2.24) is 4.90 Å². The molecule has 3 aromatic carbocycles. The van der Waals surface area contributed by atoms with Gasteiger partial charge in [0.15, 0.2) is 0 Å². The lowest BCUT2D eigenvalue weighted by atomic mass is 9.91. The number of hydrogen-bond acceptors (Lipinski definition) is 3. The van der Waals surface area contributed by atoms with Crippen molar-refractivity contribution in [3.63, 3.8) is 0 Å². The van der Waals surface area contributed by atoms with E-state index in [-0.39, 0.29) is 11.6 Å². The van der Waals surface area contributed by atoms with Crippen LogP contribution in [0.5, 0.6) is 5.75 Å². The zero-order valence-corrected chi connectivity index (χ0v) is 19.9. The maximum atomic E-state index is 13.5. The van der Waals surface area contributed by atoms with E-state index in [9.17, 15) is 19.1 Å². The summed E-state index contributed by atoms with van der Waals surface area (Å²) in [5.74, 6) is -1.32. The van der Waals surface area contributed by atoms with Gasteiger partial charge < -0.3 is 14.7 Å². The van der Waals surface area contributed by atoms with Gasteiger partial charge in [0.2, 0.25) is 0 Å². The molecule has 0 bridgehead atoms. The van der Waals surface area contributed by atoms with Crippen molar-refractivity contribution in [2.45, 2.75) is 31.9 Å². The van der Waals surface area contributed by atoms with E-state index in [1.165, 1.54) is 11.0 Å². The van der Waals surface area contributed by atoms with E-state index in [4.69, 9.17) is 27.9 Å².